The lowest BCUT2D eigenvalue weighted by Crippen LogP contribution is -2.64. The predicted octanol–water partition coefficient (Wildman–Crippen LogP) is 5.20. The monoisotopic (exact) mass is 486 g/mol. The number of benzene rings is 3. The molecule has 190 valence electrons. The Hall–Kier alpha value is -2.86. The number of hydrogen-bond donors (Lipinski definition) is 0. The molecular formula is C31H38N2O3. The fourth-order valence-corrected chi connectivity index (χ4v) is 5.87. The Morgan fingerprint density at radius 2 is 1.53 bits per heavy atom. The van der Waals surface area contributed by atoms with Crippen LogP contribution >= 0.6 is 0 Å². The number of methoxy groups -OCH3 is 1. The summed E-state index contributed by atoms with van der Waals surface area (Å²) in [5, 5.41) is 0. The van der Waals surface area contributed by atoms with Gasteiger partial charge in [-0.2, -0.15) is 0 Å². The van der Waals surface area contributed by atoms with Crippen molar-refractivity contribution in [2.75, 3.05) is 40.0 Å². The number of morpholine rings is 1. The molecule has 0 amide bonds. The van der Waals surface area contributed by atoms with E-state index in [9.17, 15) is 0 Å². The second-order valence-corrected chi connectivity index (χ2v) is 10.1. The highest BCUT2D eigenvalue weighted by atomic mass is 16.5. The fourth-order valence-electron chi connectivity index (χ4n) is 5.87. The van der Waals surface area contributed by atoms with E-state index >= 15 is 0 Å². The standard InChI is InChI=1S/C31H38N2O3/c1-23(2)36-30-16-10-15-29(34-3)27(30)20-32-19-26-22-35-18-17-33(26)28(21-32)31(24-11-6-4-7-12-24)25-13-8-5-9-14-25/h4-16,23,26,28,31H,17-22H2,1-3H3/t26-,28+/m1/s1. The second-order valence-electron chi connectivity index (χ2n) is 10.1. The van der Waals surface area contributed by atoms with E-state index in [1.165, 1.54) is 11.1 Å². The highest BCUT2D eigenvalue weighted by Crippen LogP contribution is 2.37. The summed E-state index contributed by atoms with van der Waals surface area (Å²) in [6, 6.07) is 28.8. The highest BCUT2D eigenvalue weighted by molar-refractivity contribution is 5.45. The molecule has 2 aliphatic rings. The molecule has 5 heteroatoms. The summed E-state index contributed by atoms with van der Waals surface area (Å²) >= 11 is 0. The fraction of sp³-hybridized carbons (Fsp3) is 0.419. The van der Waals surface area contributed by atoms with Crippen LogP contribution in [0.3, 0.4) is 0 Å². The largest absolute Gasteiger partial charge is 0.496 e. The summed E-state index contributed by atoms with van der Waals surface area (Å²) in [6.07, 6.45) is 0.104. The molecule has 0 spiro atoms. The van der Waals surface area contributed by atoms with Crippen molar-refractivity contribution in [2.45, 2.75) is 44.5 Å². The minimum atomic E-state index is 0.104. The van der Waals surface area contributed by atoms with Crippen LogP contribution in [0.2, 0.25) is 0 Å². The van der Waals surface area contributed by atoms with Gasteiger partial charge in [0, 0.05) is 44.2 Å². The second kappa shape index (κ2) is 11.5. The maximum atomic E-state index is 6.21. The van der Waals surface area contributed by atoms with Crippen molar-refractivity contribution in [2.24, 2.45) is 0 Å². The number of hydrogen-bond acceptors (Lipinski definition) is 5. The van der Waals surface area contributed by atoms with Crippen molar-refractivity contribution in [3.8, 4) is 11.5 Å². The van der Waals surface area contributed by atoms with Crippen LogP contribution in [0.15, 0.2) is 78.9 Å². The van der Waals surface area contributed by atoms with Gasteiger partial charge in [-0.15, -0.1) is 0 Å². The quantitative estimate of drug-likeness (QED) is 0.437. The third-order valence-electron chi connectivity index (χ3n) is 7.37. The van der Waals surface area contributed by atoms with Gasteiger partial charge in [0.05, 0.1) is 32.0 Å². The SMILES string of the molecule is COc1cccc(OC(C)C)c1CN1C[C@@H]2COCCN2[C@H](C(c2ccccc2)c2ccccc2)C1. The smallest absolute Gasteiger partial charge is 0.127 e. The Morgan fingerprint density at radius 3 is 2.17 bits per heavy atom. The van der Waals surface area contributed by atoms with Crippen LogP contribution in [0.5, 0.6) is 11.5 Å². The van der Waals surface area contributed by atoms with Gasteiger partial charge in [0.2, 0.25) is 0 Å². The minimum Gasteiger partial charge on any atom is -0.496 e. The third kappa shape index (κ3) is 5.44. The van der Waals surface area contributed by atoms with E-state index < -0.39 is 0 Å². The molecule has 3 aromatic rings. The molecule has 2 heterocycles. The summed E-state index contributed by atoms with van der Waals surface area (Å²) in [6.45, 7) is 9.38. The van der Waals surface area contributed by atoms with Crippen molar-refractivity contribution >= 4 is 0 Å². The third-order valence-corrected chi connectivity index (χ3v) is 7.37. The average Bonchev–Trinajstić information content (AvgIpc) is 2.91. The summed E-state index contributed by atoms with van der Waals surface area (Å²) in [5.74, 6) is 2.07. The molecule has 3 aromatic carbocycles. The molecule has 2 aliphatic heterocycles. The average molecular weight is 487 g/mol. The molecule has 0 N–H and O–H groups in total. The van der Waals surface area contributed by atoms with Crippen molar-refractivity contribution < 1.29 is 14.2 Å². The first kappa shape index (κ1) is 24.8. The van der Waals surface area contributed by atoms with E-state index in [2.05, 4.69) is 90.4 Å². The first-order valence-electron chi connectivity index (χ1n) is 13.1. The molecule has 0 aromatic heterocycles. The van der Waals surface area contributed by atoms with Crippen molar-refractivity contribution in [3.05, 3.63) is 95.6 Å². The van der Waals surface area contributed by atoms with Gasteiger partial charge in [-0.05, 0) is 37.1 Å². The molecule has 0 radical (unpaired) electrons. The van der Waals surface area contributed by atoms with E-state index in [0.717, 1.165) is 56.5 Å². The van der Waals surface area contributed by atoms with Gasteiger partial charge in [0.1, 0.15) is 11.5 Å². The van der Waals surface area contributed by atoms with Gasteiger partial charge in [-0.3, -0.25) is 9.80 Å². The zero-order valence-electron chi connectivity index (χ0n) is 21.7. The molecule has 5 rings (SSSR count). The maximum absolute atomic E-state index is 6.21. The molecule has 0 bridgehead atoms. The zero-order valence-corrected chi connectivity index (χ0v) is 21.7. The van der Waals surface area contributed by atoms with E-state index in [1.807, 2.05) is 12.1 Å². The Balaban J connectivity index is 1.51. The van der Waals surface area contributed by atoms with Crippen LogP contribution in [-0.4, -0.2) is 67.9 Å². The Morgan fingerprint density at radius 1 is 0.861 bits per heavy atom. The van der Waals surface area contributed by atoms with Crippen molar-refractivity contribution in [1.29, 1.82) is 0 Å². The summed E-state index contributed by atoms with van der Waals surface area (Å²) < 4.78 is 18.0. The molecule has 0 saturated carbocycles. The number of fused-ring (bicyclic) bond motifs is 1. The van der Waals surface area contributed by atoms with Gasteiger partial charge in [0.25, 0.3) is 0 Å². The Labute approximate surface area is 215 Å². The van der Waals surface area contributed by atoms with Crippen LogP contribution in [-0.2, 0) is 11.3 Å². The molecule has 2 fully saturated rings. The molecule has 5 nitrogen and oxygen atoms in total. The van der Waals surface area contributed by atoms with Gasteiger partial charge in [-0.25, -0.2) is 0 Å². The van der Waals surface area contributed by atoms with Gasteiger partial charge in [0.15, 0.2) is 0 Å². The van der Waals surface area contributed by atoms with Crippen LogP contribution in [0.1, 0.15) is 36.5 Å². The van der Waals surface area contributed by atoms with Gasteiger partial charge in [-0.1, -0.05) is 66.7 Å². The van der Waals surface area contributed by atoms with Crippen LogP contribution in [0.25, 0.3) is 0 Å². The van der Waals surface area contributed by atoms with E-state index in [-0.39, 0.29) is 12.0 Å². The Kier molecular flexibility index (Phi) is 7.90. The van der Waals surface area contributed by atoms with E-state index in [0.29, 0.717) is 12.1 Å². The molecule has 0 aliphatic carbocycles. The first-order valence-corrected chi connectivity index (χ1v) is 13.1. The number of piperazine rings is 1. The molecule has 36 heavy (non-hydrogen) atoms. The highest BCUT2D eigenvalue weighted by Gasteiger charge is 2.41. The lowest BCUT2D eigenvalue weighted by molar-refractivity contribution is -0.0777. The number of nitrogens with zero attached hydrogens (tertiary/aromatic N) is 2. The molecule has 2 saturated heterocycles. The van der Waals surface area contributed by atoms with E-state index in [1.54, 1.807) is 7.11 Å². The Bertz CT molecular complexity index is 1070. The van der Waals surface area contributed by atoms with Crippen molar-refractivity contribution in [1.82, 2.24) is 9.80 Å². The van der Waals surface area contributed by atoms with Gasteiger partial charge < -0.3 is 14.2 Å². The molecular weight excluding hydrogens is 448 g/mol. The summed E-state index contributed by atoms with van der Waals surface area (Å²) in [7, 11) is 1.74. The van der Waals surface area contributed by atoms with Crippen LogP contribution in [0, 0.1) is 0 Å². The first-order chi connectivity index (χ1) is 17.6. The predicted molar refractivity (Wildman–Crippen MR) is 144 cm³/mol. The lowest BCUT2D eigenvalue weighted by atomic mass is 9.82. The van der Waals surface area contributed by atoms with Crippen LogP contribution < -0.4 is 9.47 Å². The van der Waals surface area contributed by atoms with Crippen LogP contribution in [0.4, 0.5) is 0 Å². The lowest BCUT2D eigenvalue weighted by Gasteiger charge is -2.51. The van der Waals surface area contributed by atoms with E-state index in [4.69, 9.17) is 14.2 Å². The van der Waals surface area contributed by atoms with Crippen molar-refractivity contribution in [3.63, 3.8) is 0 Å². The molecule has 2 atom stereocenters. The minimum absolute atomic E-state index is 0.104. The summed E-state index contributed by atoms with van der Waals surface area (Å²) in [4.78, 5) is 5.28. The topological polar surface area (TPSA) is 34.2 Å². The summed E-state index contributed by atoms with van der Waals surface area (Å²) in [5.41, 5.74) is 3.84. The molecule has 0 unspecified atom stereocenters. The number of rotatable bonds is 8. The zero-order chi connectivity index (χ0) is 24.9. The van der Waals surface area contributed by atoms with Gasteiger partial charge >= 0.3 is 0 Å². The normalized spacial score (nSPS) is 20.9. The maximum Gasteiger partial charge on any atom is 0.127 e. The number of ether oxygens (including phenoxy) is 3.